The number of hydrogen-bond acceptors (Lipinski definition) is 5. The number of H-pyrrole nitrogens is 1. The van der Waals surface area contributed by atoms with Crippen LogP contribution in [0.25, 0.3) is 10.9 Å². The van der Waals surface area contributed by atoms with E-state index in [-0.39, 0.29) is 6.42 Å². The van der Waals surface area contributed by atoms with Crippen LogP contribution in [0.1, 0.15) is 5.56 Å². The highest BCUT2D eigenvalue weighted by molar-refractivity contribution is 5.91. The number of aliphatic hydroxyl groups is 4. The van der Waals surface area contributed by atoms with E-state index in [4.69, 9.17) is 5.11 Å². The second-order valence-electron chi connectivity index (χ2n) is 4.69. The van der Waals surface area contributed by atoms with Crippen LogP contribution in [-0.4, -0.2) is 56.1 Å². The molecule has 20 heavy (non-hydrogen) atoms. The van der Waals surface area contributed by atoms with Crippen LogP contribution >= 0.6 is 0 Å². The number of ketones is 1. The molecule has 0 saturated carbocycles. The Balaban J connectivity index is 2.11. The van der Waals surface area contributed by atoms with Crippen LogP contribution < -0.4 is 0 Å². The van der Waals surface area contributed by atoms with Crippen LogP contribution in [0.15, 0.2) is 30.5 Å². The maximum Gasteiger partial charge on any atom is 0.168 e. The van der Waals surface area contributed by atoms with Gasteiger partial charge in [0, 0.05) is 23.5 Å². The van der Waals surface area contributed by atoms with Crippen molar-refractivity contribution in [3.63, 3.8) is 0 Å². The van der Waals surface area contributed by atoms with E-state index in [1.165, 1.54) is 0 Å². The lowest BCUT2D eigenvalue weighted by atomic mass is 9.99. The van der Waals surface area contributed by atoms with Crippen molar-refractivity contribution in [2.75, 3.05) is 6.61 Å². The summed E-state index contributed by atoms with van der Waals surface area (Å²) in [7, 11) is 0. The number of hydrogen-bond donors (Lipinski definition) is 5. The van der Waals surface area contributed by atoms with E-state index >= 15 is 0 Å². The molecule has 108 valence electrons. The first kappa shape index (κ1) is 14.7. The van der Waals surface area contributed by atoms with Gasteiger partial charge in [0.05, 0.1) is 6.61 Å². The van der Waals surface area contributed by atoms with Crippen LogP contribution in [0, 0.1) is 0 Å². The second-order valence-corrected chi connectivity index (χ2v) is 4.69. The van der Waals surface area contributed by atoms with Crippen molar-refractivity contribution in [2.24, 2.45) is 0 Å². The predicted molar refractivity (Wildman–Crippen MR) is 72.1 cm³/mol. The second kappa shape index (κ2) is 6.15. The van der Waals surface area contributed by atoms with E-state index in [9.17, 15) is 20.1 Å². The topological polar surface area (TPSA) is 114 Å². The Morgan fingerprint density at radius 2 is 1.90 bits per heavy atom. The van der Waals surface area contributed by atoms with Gasteiger partial charge in [0.1, 0.15) is 18.3 Å². The number of nitrogens with one attached hydrogen (secondary N) is 1. The number of aromatic amines is 1. The summed E-state index contributed by atoms with van der Waals surface area (Å²) in [5, 5.41) is 38.0. The smallest absolute Gasteiger partial charge is 0.168 e. The molecule has 0 amide bonds. The van der Waals surface area contributed by atoms with Crippen molar-refractivity contribution >= 4 is 16.7 Å². The molecule has 3 unspecified atom stereocenters. The molecule has 1 aromatic heterocycles. The van der Waals surface area contributed by atoms with Crippen LogP contribution in [-0.2, 0) is 11.2 Å². The van der Waals surface area contributed by atoms with Crippen molar-refractivity contribution in [3.05, 3.63) is 36.0 Å². The number of aliphatic hydroxyl groups excluding tert-OH is 4. The van der Waals surface area contributed by atoms with Crippen molar-refractivity contribution < 1.29 is 25.2 Å². The molecule has 1 heterocycles. The van der Waals surface area contributed by atoms with Gasteiger partial charge in [0.25, 0.3) is 0 Å². The third kappa shape index (κ3) is 2.88. The molecular weight excluding hydrogens is 262 g/mol. The first-order chi connectivity index (χ1) is 9.54. The van der Waals surface area contributed by atoms with E-state index < -0.39 is 30.7 Å². The van der Waals surface area contributed by atoms with Gasteiger partial charge >= 0.3 is 0 Å². The molecule has 2 rings (SSSR count). The Kier molecular flexibility index (Phi) is 4.51. The van der Waals surface area contributed by atoms with Gasteiger partial charge in [0.2, 0.25) is 0 Å². The molecular formula is C14H17NO5. The van der Waals surface area contributed by atoms with Crippen molar-refractivity contribution in [1.29, 1.82) is 0 Å². The quantitative estimate of drug-likeness (QED) is 0.482. The molecule has 0 fully saturated rings. The van der Waals surface area contributed by atoms with Crippen LogP contribution in [0.3, 0.4) is 0 Å². The zero-order valence-corrected chi connectivity index (χ0v) is 10.7. The number of aromatic nitrogens is 1. The number of rotatable bonds is 6. The SMILES string of the molecule is O=C(Cc1c[nH]c2ccccc12)C(O)C(O)C(O)CO. The average Bonchev–Trinajstić information content (AvgIpc) is 2.88. The third-order valence-corrected chi connectivity index (χ3v) is 3.27. The highest BCUT2D eigenvalue weighted by atomic mass is 16.4. The minimum Gasteiger partial charge on any atom is -0.394 e. The van der Waals surface area contributed by atoms with Gasteiger partial charge in [-0.3, -0.25) is 4.79 Å². The van der Waals surface area contributed by atoms with Crippen molar-refractivity contribution in [1.82, 2.24) is 4.98 Å². The van der Waals surface area contributed by atoms with E-state index in [0.717, 1.165) is 10.9 Å². The van der Waals surface area contributed by atoms with E-state index in [2.05, 4.69) is 4.98 Å². The number of benzene rings is 1. The fraction of sp³-hybridized carbons (Fsp3) is 0.357. The van der Waals surface area contributed by atoms with Gasteiger partial charge in [-0.1, -0.05) is 18.2 Å². The molecule has 0 aliphatic carbocycles. The van der Waals surface area contributed by atoms with Gasteiger partial charge in [-0.05, 0) is 11.6 Å². The normalized spacial score (nSPS) is 16.0. The van der Waals surface area contributed by atoms with Gasteiger partial charge in [-0.25, -0.2) is 0 Å². The minimum absolute atomic E-state index is 0.0691. The predicted octanol–water partition coefficient (Wildman–Crippen LogP) is -0.645. The monoisotopic (exact) mass is 279 g/mol. The van der Waals surface area contributed by atoms with Crippen molar-refractivity contribution in [3.8, 4) is 0 Å². The molecule has 0 spiro atoms. The first-order valence-corrected chi connectivity index (χ1v) is 6.27. The zero-order chi connectivity index (χ0) is 14.7. The van der Waals surface area contributed by atoms with Gasteiger partial charge in [0.15, 0.2) is 5.78 Å². The lowest BCUT2D eigenvalue weighted by molar-refractivity contribution is -0.139. The molecule has 3 atom stereocenters. The largest absolute Gasteiger partial charge is 0.394 e. The molecule has 1 aromatic carbocycles. The van der Waals surface area contributed by atoms with E-state index in [1.54, 1.807) is 6.20 Å². The molecule has 0 aliphatic heterocycles. The Hall–Kier alpha value is -1.73. The van der Waals surface area contributed by atoms with Crippen LogP contribution in [0.5, 0.6) is 0 Å². The summed E-state index contributed by atoms with van der Waals surface area (Å²) < 4.78 is 0. The molecule has 0 saturated heterocycles. The minimum atomic E-state index is -1.73. The summed E-state index contributed by atoms with van der Waals surface area (Å²) in [5.41, 5.74) is 1.58. The molecule has 0 aliphatic rings. The van der Waals surface area contributed by atoms with Gasteiger partial charge < -0.3 is 25.4 Å². The molecule has 2 aromatic rings. The lowest BCUT2D eigenvalue weighted by Crippen LogP contribution is -2.44. The number of fused-ring (bicyclic) bond motifs is 1. The fourth-order valence-electron chi connectivity index (χ4n) is 2.08. The Morgan fingerprint density at radius 1 is 1.20 bits per heavy atom. The Labute approximate surface area is 115 Å². The summed E-state index contributed by atoms with van der Waals surface area (Å²) in [4.78, 5) is 14.9. The van der Waals surface area contributed by atoms with E-state index in [0.29, 0.717) is 5.56 Å². The lowest BCUT2D eigenvalue weighted by Gasteiger charge is -2.20. The van der Waals surface area contributed by atoms with Gasteiger partial charge in [-0.2, -0.15) is 0 Å². The third-order valence-electron chi connectivity index (χ3n) is 3.27. The van der Waals surface area contributed by atoms with Crippen LogP contribution in [0.2, 0.25) is 0 Å². The summed E-state index contributed by atoms with van der Waals surface area (Å²) >= 11 is 0. The molecule has 6 heteroatoms. The summed E-state index contributed by atoms with van der Waals surface area (Å²) in [6, 6.07) is 7.41. The van der Waals surface area contributed by atoms with Gasteiger partial charge in [-0.15, -0.1) is 0 Å². The molecule has 0 bridgehead atoms. The summed E-state index contributed by atoms with van der Waals surface area (Å²) in [6.45, 7) is -0.724. The molecule has 0 radical (unpaired) electrons. The number of Topliss-reactive ketones (excluding diaryl/α,β-unsaturated/α-hetero) is 1. The van der Waals surface area contributed by atoms with E-state index in [1.807, 2.05) is 24.3 Å². The number of para-hydroxylation sites is 1. The average molecular weight is 279 g/mol. The van der Waals surface area contributed by atoms with Crippen molar-refractivity contribution in [2.45, 2.75) is 24.7 Å². The highest BCUT2D eigenvalue weighted by Gasteiger charge is 2.29. The number of carbonyl (C=O) groups excluding carboxylic acids is 1. The maximum atomic E-state index is 11.9. The zero-order valence-electron chi connectivity index (χ0n) is 10.7. The molecule has 6 nitrogen and oxygen atoms in total. The highest BCUT2D eigenvalue weighted by Crippen LogP contribution is 2.19. The fourth-order valence-corrected chi connectivity index (χ4v) is 2.08. The maximum absolute atomic E-state index is 11.9. The Morgan fingerprint density at radius 3 is 2.60 bits per heavy atom. The van der Waals surface area contributed by atoms with Crippen LogP contribution in [0.4, 0.5) is 0 Å². The standard InChI is InChI=1S/C14H17NO5/c16-7-12(18)14(20)13(19)11(17)5-8-6-15-10-4-2-1-3-9(8)10/h1-4,6,12-16,18-20H,5,7H2. The Bertz CT molecular complexity index is 594. The summed E-state index contributed by atoms with van der Waals surface area (Å²) in [6.07, 6.45) is -3.37. The summed E-state index contributed by atoms with van der Waals surface area (Å²) in [5.74, 6) is -0.616. The number of carbonyl (C=O) groups is 1. The molecule has 5 N–H and O–H groups in total. The first-order valence-electron chi connectivity index (χ1n) is 6.27.